The molecule has 0 aliphatic heterocycles. The lowest BCUT2D eigenvalue weighted by Crippen LogP contribution is -2.07. The van der Waals surface area contributed by atoms with Gasteiger partial charge in [-0.05, 0) is 55.0 Å². The summed E-state index contributed by atoms with van der Waals surface area (Å²) in [4.78, 5) is 23.9. The molecule has 0 atom stereocenters. The van der Waals surface area contributed by atoms with Crippen molar-refractivity contribution in [1.29, 1.82) is 0 Å². The number of halogens is 3. The topological polar surface area (TPSA) is 106 Å². The Labute approximate surface area is 196 Å². The van der Waals surface area contributed by atoms with E-state index in [0.717, 1.165) is 12.1 Å². The summed E-state index contributed by atoms with van der Waals surface area (Å²) in [7, 11) is 0. The Balaban J connectivity index is 1.60. The molecule has 34 heavy (non-hydrogen) atoms. The lowest BCUT2D eigenvalue weighted by Gasteiger charge is -2.12. The van der Waals surface area contributed by atoms with Gasteiger partial charge in [-0.2, -0.15) is 0 Å². The van der Waals surface area contributed by atoms with E-state index in [4.69, 9.17) is 16.7 Å². The number of carbonyl (C=O) groups is 2. The molecule has 3 aromatic carbocycles. The van der Waals surface area contributed by atoms with E-state index in [0.29, 0.717) is 22.5 Å². The number of hydrogen-bond acceptors (Lipinski definition) is 6. The molecule has 8 nitrogen and oxygen atoms in total. The third-order valence-electron chi connectivity index (χ3n) is 4.82. The second-order valence-electron chi connectivity index (χ2n) is 7.14. The number of carboxylic acid groups (broad SMARTS) is 1. The van der Waals surface area contributed by atoms with Crippen LogP contribution in [0.25, 0.3) is 5.69 Å². The first kappa shape index (κ1) is 22.9. The lowest BCUT2D eigenvalue weighted by molar-refractivity contribution is 0.103. The summed E-state index contributed by atoms with van der Waals surface area (Å²) in [5, 5.41) is 19.0. The Bertz CT molecular complexity index is 1420. The number of aryl methyl sites for hydroxylation is 1. The van der Waals surface area contributed by atoms with Gasteiger partial charge in [-0.3, -0.25) is 4.79 Å². The number of ether oxygens (including phenoxy) is 1. The Hall–Kier alpha value is -4.31. The lowest BCUT2D eigenvalue weighted by atomic mass is 9.98. The summed E-state index contributed by atoms with van der Waals surface area (Å²) in [6.07, 6.45) is -0.267. The summed E-state index contributed by atoms with van der Waals surface area (Å²) >= 11 is 6.35. The van der Waals surface area contributed by atoms with Crippen LogP contribution in [-0.4, -0.2) is 32.0 Å². The maximum Gasteiger partial charge on any atom is 0.512 e. The highest BCUT2D eigenvalue weighted by Gasteiger charge is 2.18. The van der Waals surface area contributed by atoms with Gasteiger partial charge >= 0.3 is 6.16 Å². The zero-order chi connectivity index (χ0) is 24.4. The van der Waals surface area contributed by atoms with Crippen LogP contribution in [-0.2, 0) is 0 Å². The van der Waals surface area contributed by atoms with E-state index < -0.39 is 17.8 Å². The highest BCUT2D eigenvalue weighted by molar-refractivity contribution is 6.35. The van der Waals surface area contributed by atoms with Crippen LogP contribution in [0, 0.1) is 18.6 Å². The molecular weight excluding hydrogens is 470 g/mol. The maximum atomic E-state index is 13.9. The molecule has 0 aliphatic carbocycles. The van der Waals surface area contributed by atoms with Gasteiger partial charge in [0.15, 0.2) is 5.78 Å². The van der Waals surface area contributed by atoms with Crippen LogP contribution in [0.2, 0.25) is 5.02 Å². The molecule has 0 radical (unpaired) electrons. The van der Waals surface area contributed by atoms with Gasteiger partial charge in [-0.1, -0.05) is 28.0 Å². The van der Waals surface area contributed by atoms with E-state index in [1.54, 1.807) is 31.2 Å². The number of aromatic nitrogens is 3. The Kier molecular flexibility index (Phi) is 6.24. The Morgan fingerprint density at radius 2 is 1.85 bits per heavy atom. The van der Waals surface area contributed by atoms with E-state index in [9.17, 15) is 18.4 Å². The number of nitrogens with one attached hydrogen (secondary N) is 1. The average molecular weight is 485 g/mol. The highest BCUT2D eigenvalue weighted by Crippen LogP contribution is 2.28. The quantitative estimate of drug-likeness (QED) is 0.273. The van der Waals surface area contributed by atoms with Crippen LogP contribution in [0.4, 0.5) is 25.0 Å². The van der Waals surface area contributed by atoms with Gasteiger partial charge in [0, 0.05) is 22.9 Å². The smallest absolute Gasteiger partial charge is 0.449 e. The molecule has 1 aromatic heterocycles. The molecule has 11 heteroatoms. The third kappa shape index (κ3) is 4.86. The molecule has 2 N–H and O–H groups in total. The fraction of sp³-hybridized carbons (Fsp3) is 0.0435. The van der Waals surface area contributed by atoms with Crippen LogP contribution in [0.5, 0.6) is 5.88 Å². The fourth-order valence-corrected chi connectivity index (χ4v) is 3.44. The zero-order valence-corrected chi connectivity index (χ0v) is 18.2. The van der Waals surface area contributed by atoms with Crippen LogP contribution in [0.15, 0.2) is 60.8 Å². The summed E-state index contributed by atoms with van der Waals surface area (Å²) in [5.41, 5.74) is 2.12. The normalized spacial score (nSPS) is 10.7. The number of carbonyl (C=O) groups excluding carboxylic acids is 1. The number of anilines is 2. The first-order chi connectivity index (χ1) is 16.2. The van der Waals surface area contributed by atoms with Crippen molar-refractivity contribution >= 4 is 34.9 Å². The van der Waals surface area contributed by atoms with Gasteiger partial charge in [0.05, 0.1) is 22.6 Å². The second-order valence-corrected chi connectivity index (χ2v) is 7.55. The zero-order valence-electron chi connectivity index (χ0n) is 17.4. The second kappa shape index (κ2) is 9.28. The first-order valence-electron chi connectivity index (χ1n) is 9.72. The average Bonchev–Trinajstić information content (AvgIpc) is 3.23. The molecule has 0 saturated carbocycles. The monoisotopic (exact) mass is 484 g/mol. The third-order valence-corrected chi connectivity index (χ3v) is 5.13. The highest BCUT2D eigenvalue weighted by atomic mass is 35.5. The van der Waals surface area contributed by atoms with Crippen molar-refractivity contribution < 1.29 is 28.2 Å². The Morgan fingerprint density at radius 3 is 2.56 bits per heavy atom. The van der Waals surface area contributed by atoms with Crippen molar-refractivity contribution in [2.75, 3.05) is 5.32 Å². The predicted octanol–water partition coefficient (Wildman–Crippen LogP) is 5.54. The molecule has 0 spiro atoms. The molecule has 0 unspecified atom stereocenters. The van der Waals surface area contributed by atoms with Crippen molar-refractivity contribution in [3.63, 3.8) is 0 Å². The van der Waals surface area contributed by atoms with Crippen molar-refractivity contribution in [1.82, 2.24) is 15.0 Å². The molecular formula is C23H15ClF2N4O4. The molecule has 1 heterocycles. The van der Waals surface area contributed by atoms with Crippen LogP contribution in [0.1, 0.15) is 21.5 Å². The van der Waals surface area contributed by atoms with Gasteiger partial charge in [0.1, 0.15) is 11.6 Å². The summed E-state index contributed by atoms with van der Waals surface area (Å²) in [6.45, 7) is 1.75. The minimum Gasteiger partial charge on any atom is -0.449 e. The molecule has 172 valence electrons. The van der Waals surface area contributed by atoms with E-state index in [1.807, 2.05) is 0 Å². The molecule has 0 amide bonds. The summed E-state index contributed by atoms with van der Waals surface area (Å²) in [5.74, 6) is -2.06. The van der Waals surface area contributed by atoms with Gasteiger partial charge in [0.25, 0.3) is 5.88 Å². The molecule has 0 saturated heterocycles. The number of ketones is 1. The molecule has 0 fully saturated rings. The van der Waals surface area contributed by atoms with Crippen molar-refractivity contribution in [3.05, 3.63) is 94.1 Å². The summed E-state index contributed by atoms with van der Waals surface area (Å²) in [6, 6.07) is 12.6. The van der Waals surface area contributed by atoms with Crippen LogP contribution < -0.4 is 10.1 Å². The van der Waals surface area contributed by atoms with Gasteiger partial charge in [-0.15, -0.1) is 0 Å². The fourth-order valence-electron chi connectivity index (χ4n) is 3.18. The Morgan fingerprint density at radius 1 is 1.06 bits per heavy atom. The van der Waals surface area contributed by atoms with Crippen LogP contribution in [0.3, 0.4) is 0 Å². The largest absolute Gasteiger partial charge is 0.512 e. The van der Waals surface area contributed by atoms with Crippen molar-refractivity contribution in [2.45, 2.75) is 6.92 Å². The van der Waals surface area contributed by atoms with E-state index in [1.165, 1.54) is 29.1 Å². The standard InChI is InChI=1S/C23H15ClF2N4O4/c1-12-2-5-15(30-11-21(28-29-30)34-23(32)33)10-17(12)22(31)16-6-4-14(9-18(16)24)27-20-7-3-13(25)8-19(20)26/h2-11,27H,1H3,(H,32,33). The van der Waals surface area contributed by atoms with E-state index in [-0.39, 0.29) is 27.9 Å². The molecule has 0 bridgehead atoms. The maximum absolute atomic E-state index is 13.9. The number of rotatable bonds is 6. The molecule has 4 aromatic rings. The molecule has 4 rings (SSSR count). The minimum absolute atomic E-state index is 0.0548. The minimum atomic E-state index is -1.53. The van der Waals surface area contributed by atoms with Gasteiger partial charge in [-0.25, -0.2) is 18.3 Å². The van der Waals surface area contributed by atoms with E-state index >= 15 is 0 Å². The SMILES string of the molecule is Cc1ccc(-n2cc(OC(=O)O)nn2)cc1C(=O)c1ccc(Nc2ccc(F)cc2F)cc1Cl. The predicted molar refractivity (Wildman–Crippen MR) is 119 cm³/mol. The first-order valence-corrected chi connectivity index (χ1v) is 10.1. The van der Waals surface area contributed by atoms with E-state index in [2.05, 4.69) is 20.4 Å². The number of nitrogens with zero attached hydrogens (tertiary/aromatic N) is 3. The van der Waals surface area contributed by atoms with Gasteiger partial charge in [0.2, 0.25) is 0 Å². The van der Waals surface area contributed by atoms with Gasteiger partial charge < -0.3 is 15.2 Å². The van der Waals surface area contributed by atoms with Crippen LogP contribution >= 0.6 is 11.6 Å². The van der Waals surface area contributed by atoms with Crippen molar-refractivity contribution in [3.8, 4) is 11.6 Å². The number of hydrogen-bond donors (Lipinski definition) is 2. The number of benzene rings is 3. The van der Waals surface area contributed by atoms with Crippen molar-refractivity contribution in [2.24, 2.45) is 0 Å². The summed E-state index contributed by atoms with van der Waals surface area (Å²) < 4.78 is 32.7. The molecule has 0 aliphatic rings.